The van der Waals surface area contributed by atoms with Crippen molar-refractivity contribution in [3.8, 4) is 0 Å². The highest BCUT2D eigenvalue weighted by Crippen LogP contribution is 2.22. The first-order valence-corrected chi connectivity index (χ1v) is 8.23. The first kappa shape index (κ1) is 14.3. The van der Waals surface area contributed by atoms with E-state index in [1.54, 1.807) is 7.05 Å². The Labute approximate surface area is 121 Å². The molecule has 0 spiro atoms. The van der Waals surface area contributed by atoms with Gasteiger partial charge in [-0.05, 0) is 25.0 Å². The van der Waals surface area contributed by atoms with Crippen molar-refractivity contribution < 1.29 is 17.7 Å². The van der Waals surface area contributed by atoms with Crippen molar-refractivity contribution >= 4 is 21.1 Å². The number of benzene rings is 1. The molecule has 1 aromatic carbocycles. The third-order valence-corrected chi connectivity index (χ3v) is 4.89. The lowest BCUT2D eigenvalue weighted by molar-refractivity contribution is 0.0223. The van der Waals surface area contributed by atoms with Gasteiger partial charge in [-0.15, -0.1) is 0 Å². The molecular weight excluding hydrogens is 296 g/mol. The predicted octanol–water partition coefficient (Wildman–Crippen LogP) is 1.28. The van der Waals surface area contributed by atoms with Crippen LogP contribution in [0.3, 0.4) is 0 Å². The monoisotopic (exact) mass is 312 g/mol. The van der Waals surface area contributed by atoms with Gasteiger partial charge < -0.3 is 4.42 Å². The Hall–Kier alpha value is -1.64. The molecule has 1 aromatic heterocycles. The summed E-state index contributed by atoms with van der Waals surface area (Å²) >= 11 is 0. The fraction of sp³-hybridized carbons (Fsp3) is 0.462. The fourth-order valence-corrected chi connectivity index (χ4v) is 3.34. The van der Waals surface area contributed by atoms with Crippen LogP contribution in [-0.4, -0.2) is 19.1 Å². The van der Waals surface area contributed by atoms with E-state index in [4.69, 9.17) is 9.25 Å². The summed E-state index contributed by atoms with van der Waals surface area (Å²) in [5.41, 5.74) is 0.766. The van der Waals surface area contributed by atoms with Crippen LogP contribution in [0, 0.1) is 0 Å². The van der Waals surface area contributed by atoms with E-state index in [-0.39, 0.29) is 16.6 Å². The number of hydrogen-bond donors (Lipinski definition) is 1. The molecule has 1 saturated carbocycles. The van der Waals surface area contributed by atoms with Crippen LogP contribution in [0.5, 0.6) is 0 Å². The molecule has 0 saturated heterocycles. The zero-order valence-electron chi connectivity index (χ0n) is 11.5. The van der Waals surface area contributed by atoms with E-state index < -0.39 is 15.8 Å². The number of aromatic nitrogens is 1. The second-order valence-corrected chi connectivity index (χ2v) is 6.81. The molecule has 0 aliphatic heterocycles. The summed E-state index contributed by atoms with van der Waals surface area (Å²) in [7, 11) is -2.23. The summed E-state index contributed by atoms with van der Waals surface area (Å²) in [4.78, 5) is 18.8. The Morgan fingerprint density at radius 2 is 2.05 bits per heavy atom. The van der Waals surface area contributed by atoms with Crippen molar-refractivity contribution in [1.29, 1.82) is 0 Å². The molecule has 8 heteroatoms. The number of nitrogens with one attached hydrogen (secondary N) is 1. The molecule has 0 amide bonds. The summed E-state index contributed by atoms with van der Waals surface area (Å²) in [6.45, 7) is 0. The Morgan fingerprint density at radius 1 is 1.33 bits per heavy atom. The zero-order valence-corrected chi connectivity index (χ0v) is 12.4. The molecule has 0 unspecified atom stereocenters. The van der Waals surface area contributed by atoms with Gasteiger partial charge in [0.25, 0.3) is 10.0 Å². The second-order valence-electron chi connectivity index (χ2n) is 5.17. The van der Waals surface area contributed by atoms with Crippen molar-refractivity contribution in [3.63, 3.8) is 0 Å². The third kappa shape index (κ3) is 2.74. The smallest absolute Gasteiger partial charge is 0.408 e. The lowest BCUT2D eigenvalue weighted by Gasteiger charge is -2.11. The first-order valence-electron chi connectivity index (χ1n) is 6.74. The molecule has 1 aliphatic rings. The van der Waals surface area contributed by atoms with Crippen LogP contribution in [0.2, 0.25) is 0 Å². The lowest BCUT2D eigenvalue weighted by atomic mass is 10.3. The predicted molar refractivity (Wildman–Crippen MR) is 75.1 cm³/mol. The van der Waals surface area contributed by atoms with Crippen LogP contribution in [0.1, 0.15) is 25.7 Å². The van der Waals surface area contributed by atoms with Gasteiger partial charge in [0.2, 0.25) is 0 Å². The summed E-state index contributed by atoms with van der Waals surface area (Å²) in [5.74, 6) is -0.533. The van der Waals surface area contributed by atoms with Crippen LogP contribution < -0.4 is 10.6 Å². The van der Waals surface area contributed by atoms with Gasteiger partial charge in [0.15, 0.2) is 5.58 Å². The van der Waals surface area contributed by atoms with Gasteiger partial charge in [-0.2, -0.15) is 0 Å². The topological polar surface area (TPSA) is 90.5 Å². The maximum absolute atomic E-state index is 12.2. The number of oxazole rings is 1. The molecule has 114 valence electrons. The minimum Gasteiger partial charge on any atom is -0.408 e. The number of aryl methyl sites for hydroxylation is 1. The van der Waals surface area contributed by atoms with Crippen molar-refractivity contribution in [2.45, 2.75) is 36.7 Å². The van der Waals surface area contributed by atoms with E-state index in [0.29, 0.717) is 5.52 Å². The Kier molecular flexibility index (Phi) is 3.60. The van der Waals surface area contributed by atoms with E-state index in [9.17, 15) is 13.2 Å². The molecule has 3 rings (SSSR count). The maximum Gasteiger partial charge on any atom is 0.419 e. The normalized spacial score (nSPS) is 16.8. The van der Waals surface area contributed by atoms with E-state index >= 15 is 0 Å². The summed E-state index contributed by atoms with van der Waals surface area (Å²) in [6.07, 6.45) is 3.74. The number of rotatable bonds is 4. The molecule has 1 heterocycles. The van der Waals surface area contributed by atoms with Gasteiger partial charge in [-0.1, -0.05) is 17.7 Å². The van der Waals surface area contributed by atoms with Gasteiger partial charge in [0, 0.05) is 13.1 Å². The highest BCUT2D eigenvalue weighted by atomic mass is 32.2. The maximum atomic E-state index is 12.2. The van der Waals surface area contributed by atoms with Crippen LogP contribution in [0.25, 0.3) is 11.1 Å². The number of sulfonamides is 1. The number of nitrogens with zero attached hydrogens (tertiary/aromatic N) is 1. The second kappa shape index (κ2) is 5.28. The summed E-state index contributed by atoms with van der Waals surface area (Å²) in [5, 5.41) is 0. The summed E-state index contributed by atoms with van der Waals surface area (Å²) < 4.78 is 30.6. The number of hydrogen-bond acceptors (Lipinski definition) is 5. The van der Waals surface area contributed by atoms with Crippen molar-refractivity contribution in [1.82, 2.24) is 9.45 Å². The highest BCUT2D eigenvalue weighted by Gasteiger charge is 2.21. The minimum absolute atomic E-state index is 0.00217. The average molecular weight is 312 g/mol. The SMILES string of the molecule is Cn1c(=O)oc2cc(S(=O)(=O)NOC3CCCC3)ccc21. The van der Waals surface area contributed by atoms with Crippen molar-refractivity contribution in [2.24, 2.45) is 7.05 Å². The Balaban J connectivity index is 1.85. The highest BCUT2D eigenvalue weighted by molar-refractivity contribution is 7.89. The third-order valence-electron chi connectivity index (χ3n) is 3.70. The van der Waals surface area contributed by atoms with Gasteiger partial charge in [0.05, 0.1) is 16.5 Å². The molecule has 0 radical (unpaired) electrons. The van der Waals surface area contributed by atoms with Gasteiger partial charge in [-0.25, -0.2) is 13.2 Å². The molecule has 7 nitrogen and oxygen atoms in total. The van der Waals surface area contributed by atoms with E-state index in [1.807, 2.05) is 0 Å². The van der Waals surface area contributed by atoms with Crippen LogP contribution >= 0.6 is 0 Å². The van der Waals surface area contributed by atoms with Gasteiger partial charge in [0.1, 0.15) is 0 Å². The van der Waals surface area contributed by atoms with E-state index in [0.717, 1.165) is 25.7 Å². The number of fused-ring (bicyclic) bond motifs is 1. The lowest BCUT2D eigenvalue weighted by Crippen LogP contribution is -2.28. The molecule has 1 fully saturated rings. The van der Waals surface area contributed by atoms with Crippen LogP contribution in [0.4, 0.5) is 0 Å². The van der Waals surface area contributed by atoms with Gasteiger partial charge >= 0.3 is 5.76 Å². The molecule has 0 bridgehead atoms. The molecular formula is C13H16N2O5S. The molecule has 2 aromatic rings. The van der Waals surface area contributed by atoms with Crippen LogP contribution in [0.15, 0.2) is 32.3 Å². The van der Waals surface area contributed by atoms with Crippen molar-refractivity contribution in [2.75, 3.05) is 0 Å². The van der Waals surface area contributed by atoms with Crippen molar-refractivity contribution in [3.05, 3.63) is 28.7 Å². The average Bonchev–Trinajstić information content (AvgIpc) is 3.06. The molecule has 1 N–H and O–H groups in total. The Morgan fingerprint density at radius 3 is 2.76 bits per heavy atom. The minimum atomic E-state index is -3.79. The fourth-order valence-electron chi connectivity index (χ4n) is 2.47. The molecule has 21 heavy (non-hydrogen) atoms. The standard InChI is InChI=1S/C13H16N2O5S/c1-15-11-7-6-10(8-12(11)19-13(15)16)21(17,18)14-20-9-4-2-3-5-9/h6-9,14H,2-5H2,1H3. The first-order chi connectivity index (χ1) is 9.97. The van der Waals surface area contributed by atoms with E-state index in [1.165, 1.54) is 22.8 Å². The molecule has 1 aliphatic carbocycles. The van der Waals surface area contributed by atoms with E-state index in [2.05, 4.69) is 4.89 Å². The quantitative estimate of drug-likeness (QED) is 0.859. The van der Waals surface area contributed by atoms with Gasteiger partial charge in [-0.3, -0.25) is 9.40 Å². The molecule has 0 atom stereocenters. The largest absolute Gasteiger partial charge is 0.419 e. The Bertz CT molecular complexity index is 815. The van der Waals surface area contributed by atoms with Crippen LogP contribution in [-0.2, 0) is 21.9 Å². The summed E-state index contributed by atoms with van der Waals surface area (Å²) in [6, 6.07) is 4.26. The zero-order chi connectivity index (χ0) is 15.0.